The highest BCUT2D eigenvalue weighted by atomic mass is 16.6. The van der Waals surface area contributed by atoms with E-state index in [4.69, 9.17) is 10.7 Å². The average Bonchev–Trinajstić information content (AvgIpc) is 2.64. The summed E-state index contributed by atoms with van der Waals surface area (Å²) in [5.41, 5.74) is 3.01. The highest BCUT2D eigenvalue weighted by Gasteiger charge is 2.39. The van der Waals surface area contributed by atoms with Crippen LogP contribution < -0.4 is 5.90 Å². The van der Waals surface area contributed by atoms with Crippen LogP contribution in [0.25, 0.3) is 0 Å². The lowest BCUT2D eigenvalue weighted by Crippen LogP contribution is -2.35. The molecule has 0 bridgehead atoms. The maximum absolute atomic E-state index is 5.77. The molecule has 0 saturated heterocycles. The number of benzene rings is 3. The van der Waals surface area contributed by atoms with Gasteiger partial charge in [0.2, 0.25) is 0 Å². The first-order chi connectivity index (χ1) is 11.3. The fourth-order valence-corrected chi connectivity index (χ4v) is 3.21. The molecule has 0 amide bonds. The second-order valence-electron chi connectivity index (χ2n) is 5.86. The predicted octanol–water partition coefficient (Wildman–Crippen LogP) is 4.62. The van der Waals surface area contributed by atoms with Crippen molar-refractivity contribution in [1.82, 2.24) is 0 Å². The van der Waals surface area contributed by atoms with Crippen LogP contribution in [0.2, 0.25) is 0 Å². The third kappa shape index (κ3) is 2.91. The Hall–Kier alpha value is -2.42. The quantitative estimate of drug-likeness (QED) is 0.698. The van der Waals surface area contributed by atoms with E-state index in [2.05, 4.69) is 67.6 Å². The summed E-state index contributed by atoms with van der Waals surface area (Å²) in [6, 6.07) is 30.9. The van der Waals surface area contributed by atoms with E-state index >= 15 is 0 Å². The standard InChI is InChI=1S/C21H21NO/c1-21(18-13-7-3-8-14-18,19-15-9-4-10-16-19)20(23-22)17-11-5-2-6-12-17/h2-16,20H,22H2,1H3. The van der Waals surface area contributed by atoms with Gasteiger partial charge in [-0.25, -0.2) is 5.90 Å². The van der Waals surface area contributed by atoms with Gasteiger partial charge in [-0.1, -0.05) is 91.0 Å². The van der Waals surface area contributed by atoms with Crippen molar-refractivity contribution in [3.05, 3.63) is 108 Å². The maximum atomic E-state index is 5.77. The molecule has 0 radical (unpaired) electrons. The first-order valence-corrected chi connectivity index (χ1v) is 7.78. The minimum Gasteiger partial charge on any atom is -0.295 e. The summed E-state index contributed by atoms with van der Waals surface area (Å²) in [7, 11) is 0. The van der Waals surface area contributed by atoms with Gasteiger partial charge in [-0.3, -0.25) is 4.84 Å². The summed E-state index contributed by atoms with van der Waals surface area (Å²) in [6.45, 7) is 2.18. The molecule has 0 heterocycles. The highest BCUT2D eigenvalue weighted by Crippen LogP contribution is 2.44. The first-order valence-electron chi connectivity index (χ1n) is 7.78. The van der Waals surface area contributed by atoms with Crippen LogP contribution in [0.15, 0.2) is 91.0 Å². The topological polar surface area (TPSA) is 35.2 Å². The number of hydrogen-bond acceptors (Lipinski definition) is 2. The molecule has 3 aromatic carbocycles. The molecule has 0 aliphatic carbocycles. The molecule has 0 aromatic heterocycles. The summed E-state index contributed by atoms with van der Waals surface area (Å²) in [4.78, 5) is 5.51. The van der Waals surface area contributed by atoms with Gasteiger partial charge in [0.15, 0.2) is 0 Å². The Balaban J connectivity index is 2.19. The predicted molar refractivity (Wildman–Crippen MR) is 93.8 cm³/mol. The molecule has 23 heavy (non-hydrogen) atoms. The highest BCUT2D eigenvalue weighted by molar-refractivity contribution is 5.42. The van der Waals surface area contributed by atoms with Gasteiger partial charge in [0, 0.05) is 5.41 Å². The molecule has 0 saturated carbocycles. The first kappa shape index (κ1) is 15.5. The molecule has 0 aliphatic rings. The van der Waals surface area contributed by atoms with Crippen LogP contribution in [-0.4, -0.2) is 0 Å². The molecule has 3 aromatic rings. The lowest BCUT2D eigenvalue weighted by molar-refractivity contribution is 0.0110. The Morgan fingerprint density at radius 2 is 1.09 bits per heavy atom. The SMILES string of the molecule is CC(c1ccccc1)(c1ccccc1)C(ON)c1ccccc1. The summed E-state index contributed by atoms with van der Waals surface area (Å²) in [6.07, 6.45) is -0.284. The number of rotatable bonds is 5. The molecular formula is C21H21NO. The van der Waals surface area contributed by atoms with Crippen molar-refractivity contribution in [1.29, 1.82) is 0 Å². The molecule has 2 N–H and O–H groups in total. The lowest BCUT2D eigenvalue weighted by Gasteiger charge is -2.37. The summed E-state index contributed by atoms with van der Waals surface area (Å²) >= 11 is 0. The molecule has 1 unspecified atom stereocenters. The largest absolute Gasteiger partial charge is 0.295 e. The molecule has 2 nitrogen and oxygen atoms in total. The third-order valence-corrected chi connectivity index (χ3v) is 4.51. The van der Waals surface area contributed by atoms with E-state index in [-0.39, 0.29) is 6.10 Å². The zero-order chi connectivity index (χ0) is 16.1. The van der Waals surface area contributed by atoms with E-state index in [9.17, 15) is 0 Å². The van der Waals surface area contributed by atoms with Gasteiger partial charge in [-0.05, 0) is 23.6 Å². The minimum atomic E-state index is -0.390. The van der Waals surface area contributed by atoms with Crippen LogP contribution in [0.1, 0.15) is 29.7 Å². The van der Waals surface area contributed by atoms with Gasteiger partial charge in [-0.15, -0.1) is 0 Å². The average molecular weight is 303 g/mol. The Kier molecular flexibility index (Phi) is 4.56. The fraction of sp³-hybridized carbons (Fsp3) is 0.143. The fourth-order valence-electron chi connectivity index (χ4n) is 3.21. The van der Waals surface area contributed by atoms with E-state index in [0.717, 1.165) is 5.56 Å². The van der Waals surface area contributed by atoms with Crippen LogP contribution in [0.3, 0.4) is 0 Å². The minimum absolute atomic E-state index is 0.284. The zero-order valence-electron chi connectivity index (χ0n) is 13.2. The van der Waals surface area contributed by atoms with Crippen LogP contribution in [0.5, 0.6) is 0 Å². The van der Waals surface area contributed by atoms with Crippen LogP contribution in [0.4, 0.5) is 0 Å². The summed E-state index contributed by atoms with van der Waals surface area (Å²) in [5.74, 6) is 5.77. The third-order valence-electron chi connectivity index (χ3n) is 4.51. The molecule has 0 aliphatic heterocycles. The number of nitrogens with two attached hydrogens (primary N) is 1. The van der Waals surface area contributed by atoms with Crippen molar-refractivity contribution in [2.45, 2.75) is 18.4 Å². The van der Waals surface area contributed by atoms with Crippen molar-refractivity contribution >= 4 is 0 Å². The normalized spacial score (nSPS) is 12.8. The Labute approximate surface area is 137 Å². The summed E-state index contributed by atoms with van der Waals surface area (Å²) < 4.78 is 0. The van der Waals surface area contributed by atoms with Crippen LogP contribution in [0, 0.1) is 0 Å². The van der Waals surface area contributed by atoms with E-state index in [1.54, 1.807) is 0 Å². The van der Waals surface area contributed by atoms with E-state index in [1.807, 2.05) is 30.3 Å². The Morgan fingerprint density at radius 1 is 0.696 bits per heavy atom. The second-order valence-corrected chi connectivity index (χ2v) is 5.86. The van der Waals surface area contributed by atoms with Crippen LogP contribution >= 0.6 is 0 Å². The van der Waals surface area contributed by atoms with Crippen molar-refractivity contribution < 1.29 is 4.84 Å². The van der Waals surface area contributed by atoms with E-state index in [0.29, 0.717) is 0 Å². The number of hydrogen-bond donors (Lipinski definition) is 1. The van der Waals surface area contributed by atoms with Crippen LogP contribution in [-0.2, 0) is 10.3 Å². The Bertz CT molecular complexity index is 686. The van der Waals surface area contributed by atoms with Gasteiger partial charge in [0.1, 0.15) is 6.10 Å². The lowest BCUT2D eigenvalue weighted by atomic mass is 9.70. The molecular weight excluding hydrogens is 282 g/mol. The van der Waals surface area contributed by atoms with Gasteiger partial charge in [0.05, 0.1) is 0 Å². The smallest absolute Gasteiger partial charge is 0.117 e. The van der Waals surface area contributed by atoms with E-state index < -0.39 is 5.41 Å². The Morgan fingerprint density at radius 3 is 1.48 bits per heavy atom. The molecule has 116 valence electrons. The van der Waals surface area contributed by atoms with Crippen molar-refractivity contribution in [3.63, 3.8) is 0 Å². The molecule has 1 atom stereocenters. The molecule has 2 heteroatoms. The summed E-state index contributed by atoms with van der Waals surface area (Å²) in [5, 5.41) is 0. The van der Waals surface area contributed by atoms with Gasteiger partial charge < -0.3 is 0 Å². The van der Waals surface area contributed by atoms with E-state index in [1.165, 1.54) is 11.1 Å². The van der Waals surface area contributed by atoms with Gasteiger partial charge in [0.25, 0.3) is 0 Å². The molecule has 0 fully saturated rings. The van der Waals surface area contributed by atoms with Gasteiger partial charge >= 0.3 is 0 Å². The second kappa shape index (κ2) is 6.78. The van der Waals surface area contributed by atoms with Crippen molar-refractivity contribution in [2.24, 2.45) is 5.90 Å². The van der Waals surface area contributed by atoms with Gasteiger partial charge in [-0.2, -0.15) is 0 Å². The molecule has 0 spiro atoms. The molecule has 3 rings (SSSR count). The maximum Gasteiger partial charge on any atom is 0.117 e. The zero-order valence-corrected chi connectivity index (χ0v) is 13.2. The monoisotopic (exact) mass is 303 g/mol. The van der Waals surface area contributed by atoms with Crippen molar-refractivity contribution in [2.75, 3.05) is 0 Å². The van der Waals surface area contributed by atoms with Crippen molar-refractivity contribution in [3.8, 4) is 0 Å².